The third-order valence-electron chi connectivity index (χ3n) is 2.90. The number of anilines is 1. The number of aromatic nitrogens is 1. The summed E-state index contributed by atoms with van der Waals surface area (Å²) in [5.74, 6) is -0.00869. The first kappa shape index (κ1) is 15.7. The van der Waals surface area contributed by atoms with Crippen LogP contribution in [0.5, 0.6) is 0 Å². The molecule has 1 aromatic carbocycles. The summed E-state index contributed by atoms with van der Waals surface area (Å²) in [5, 5.41) is 0.564. The highest BCUT2D eigenvalue weighted by molar-refractivity contribution is 6.30. The fraction of sp³-hybridized carbons (Fsp3) is 0.286. The Balaban J connectivity index is 2.42. The molecule has 0 atom stereocenters. The van der Waals surface area contributed by atoms with Gasteiger partial charge in [-0.3, -0.25) is 9.69 Å². The molecule has 112 valence electrons. The van der Waals surface area contributed by atoms with Gasteiger partial charge >= 0.3 is 6.03 Å². The number of carbonyl (C=O) groups excluding carboxylic acids is 1. The van der Waals surface area contributed by atoms with E-state index in [1.807, 2.05) is 13.8 Å². The Morgan fingerprint density at radius 3 is 2.43 bits per heavy atom. The van der Waals surface area contributed by atoms with Gasteiger partial charge < -0.3 is 4.52 Å². The van der Waals surface area contributed by atoms with E-state index in [4.69, 9.17) is 27.7 Å². The van der Waals surface area contributed by atoms with Crippen LogP contribution < -0.4 is 10.5 Å². The van der Waals surface area contributed by atoms with Crippen molar-refractivity contribution in [2.75, 3.05) is 4.90 Å². The molecule has 2 aromatic rings. The third kappa shape index (κ3) is 3.14. The molecule has 0 saturated carbocycles. The van der Waals surface area contributed by atoms with Gasteiger partial charge in [-0.15, -0.1) is 11.6 Å². The zero-order chi connectivity index (χ0) is 15.6. The molecular formula is C14H14Cl2N2O3. The van der Waals surface area contributed by atoms with Crippen molar-refractivity contribution in [3.05, 3.63) is 51.5 Å². The van der Waals surface area contributed by atoms with Crippen LogP contribution in [0.25, 0.3) is 0 Å². The molecule has 0 fully saturated rings. The second-order valence-corrected chi connectivity index (χ2v) is 5.41. The van der Waals surface area contributed by atoms with Crippen molar-refractivity contribution in [3.63, 3.8) is 0 Å². The van der Waals surface area contributed by atoms with Gasteiger partial charge in [0.15, 0.2) is 0 Å². The average molecular weight is 329 g/mol. The van der Waals surface area contributed by atoms with Gasteiger partial charge in [-0.25, -0.2) is 4.79 Å². The van der Waals surface area contributed by atoms with E-state index in [1.165, 1.54) is 11.2 Å². The van der Waals surface area contributed by atoms with E-state index in [9.17, 15) is 9.59 Å². The normalized spacial score (nSPS) is 10.9. The fourth-order valence-corrected chi connectivity index (χ4v) is 2.20. The second kappa shape index (κ2) is 6.37. The van der Waals surface area contributed by atoms with Gasteiger partial charge in [-0.05, 0) is 38.1 Å². The Bertz CT molecular complexity index is 689. The molecule has 0 aliphatic carbocycles. The average Bonchev–Trinajstić information content (AvgIpc) is 2.81. The number of nitrogens with zero attached hydrogens (tertiary/aromatic N) is 2. The van der Waals surface area contributed by atoms with Gasteiger partial charge in [0.2, 0.25) is 0 Å². The molecule has 21 heavy (non-hydrogen) atoms. The van der Waals surface area contributed by atoms with Gasteiger partial charge in [-0.2, -0.15) is 0 Å². The maximum Gasteiger partial charge on any atom is 0.365 e. The predicted molar refractivity (Wildman–Crippen MR) is 82.4 cm³/mol. The van der Waals surface area contributed by atoms with Crippen molar-refractivity contribution < 1.29 is 9.32 Å². The molecule has 7 heteroatoms. The molecule has 0 N–H and O–H groups in total. The topological polar surface area (TPSA) is 55.5 Å². The first-order chi connectivity index (χ1) is 9.95. The van der Waals surface area contributed by atoms with E-state index in [0.717, 1.165) is 0 Å². The van der Waals surface area contributed by atoms with Gasteiger partial charge in [0.25, 0.3) is 5.56 Å². The maximum absolute atomic E-state index is 12.5. The summed E-state index contributed by atoms with van der Waals surface area (Å²) >= 11 is 11.5. The van der Waals surface area contributed by atoms with E-state index in [0.29, 0.717) is 15.4 Å². The standard InChI is InChI=1S/C14H14Cl2N2O3/c1-9(2)17(12-5-3-11(16)4-6-12)14(20)18-13(19)10(7-15)8-21-18/h3-6,8-9H,7H2,1-2H3. The zero-order valence-corrected chi connectivity index (χ0v) is 13.1. The minimum atomic E-state index is -0.575. The van der Waals surface area contributed by atoms with Crippen LogP contribution in [0.1, 0.15) is 19.4 Å². The van der Waals surface area contributed by atoms with Crippen molar-refractivity contribution in [3.8, 4) is 0 Å². The first-order valence-corrected chi connectivity index (χ1v) is 7.22. The van der Waals surface area contributed by atoms with E-state index < -0.39 is 11.6 Å². The Kier molecular flexibility index (Phi) is 4.75. The summed E-state index contributed by atoms with van der Waals surface area (Å²) in [6, 6.07) is 6.01. The van der Waals surface area contributed by atoms with E-state index in [1.54, 1.807) is 24.3 Å². The van der Waals surface area contributed by atoms with Gasteiger partial charge in [0.05, 0.1) is 11.4 Å². The van der Waals surface area contributed by atoms with Crippen LogP contribution in [-0.4, -0.2) is 16.8 Å². The molecule has 0 saturated heterocycles. The SMILES string of the molecule is CC(C)N(C(=O)n1occ(CCl)c1=O)c1ccc(Cl)cc1. The first-order valence-electron chi connectivity index (χ1n) is 6.30. The summed E-state index contributed by atoms with van der Waals surface area (Å²) in [6.07, 6.45) is 1.19. The van der Waals surface area contributed by atoms with Gasteiger partial charge in [0, 0.05) is 16.8 Å². The van der Waals surface area contributed by atoms with Crippen LogP contribution in [0.4, 0.5) is 10.5 Å². The number of carbonyl (C=O) groups is 1. The molecule has 0 radical (unpaired) electrons. The lowest BCUT2D eigenvalue weighted by Gasteiger charge is -2.25. The molecule has 5 nitrogen and oxygen atoms in total. The summed E-state index contributed by atoms with van der Waals surface area (Å²) in [4.78, 5) is 26.0. The molecule has 1 heterocycles. The van der Waals surface area contributed by atoms with Crippen LogP contribution in [0, 0.1) is 0 Å². The molecule has 1 aromatic heterocycles. The quantitative estimate of drug-likeness (QED) is 0.807. The van der Waals surface area contributed by atoms with Gasteiger partial charge in [-0.1, -0.05) is 16.3 Å². The Morgan fingerprint density at radius 2 is 1.95 bits per heavy atom. The Morgan fingerprint density at radius 1 is 1.33 bits per heavy atom. The Hall–Kier alpha value is -1.72. The maximum atomic E-state index is 12.5. The van der Waals surface area contributed by atoms with E-state index >= 15 is 0 Å². The smallest absolute Gasteiger partial charge is 0.365 e. The minimum absolute atomic E-state index is 0.00869. The van der Waals surface area contributed by atoms with Crippen LogP contribution >= 0.6 is 23.2 Å². The van der Waals surface area contributed by atoms with Crippen molar-refractivity contribution in [1.29, 1.82) is 0 Å². The largest absolute Gasteiger partial charge is 0.375 e. The lowest BCUT2D eigenvalue weighted by molar-refractivity contribution is 0.213. The summed E-state index contributed by atoms with van der Waals surface area (Å²) in [5.41, 5.74) is 0.314. The summed E-state index contributed by atoms with van der Waals surface area (Å²) in [7, 11) is 0. The number of alkyl halides is 1. The molecule has 0 aliphatic rings. The summed E-state index contributed by atoms with van der Waals surface area (Å²) < 4.78 is 5.73. The number of halogens is 2. The molecule has 0 spiro atoms. The van der Waals surface area contributed by atoms with Crippen LogP contribution in [-0.2, 0) is 5.88 Å². The number of benzene rings is 1. The summed E-state index contributed by atoms with van der Waals surface area (Å²) in [6.45, 7) is 3.67. The minimum Gasteiger partial charge on any atom is -0.375 e. The second-order valence-electron chi connectivity index (χ2n) is 4.70. The van der Waals surface area contributed by atoms with Gasteiger partial charge in [0.1, 0.15) is 6.26 Å². The van der Waals surface area contributed by atoms with Crippen molar-refractivity contribution in [1.82, 2.24) is 4.74 Å². The van der Waals surface area contributed by atoms with Crippen molar-refractivity contribution >= 4 is 34.9 Å². The molecule has 0 aliphatic heterocycles. The number of hydrogen-bond acceptors (Lipinski definition) is 3. The van der Waals surface area contributed by atoms with Crippen molar-refractivity contribution in [2.24, 2.45) is 0 Å². The highest BCUT2D eigenvalue weighted by Gasteiger charge is 2.24. The lowest BCUT2D eigenvalue weighted by atomic mass is 10.2. The fourth-order valence-electron chi connectivity index (χ4n) is 1.89. The van der Waals surface area contributed by atoms with Crippen LogP contribution in [0.2, 0.25) is 5.02 Å². The van der Waals surface area contributed by atoms with E-state index in [2.05, 4.69) is 0 Å². The van der Waals surface area contributed by atoms with Crippen LogP contribution in [0.3, 0.4) is 0 Å². The number of amides is 1. The highest BCUT2D eigenvalue weighted by Crippen LogP contribution is 2.21. The molecule has 1 amide bonds. The lowest BCUT2D eigenvalue weighted by Crippen LogP contribution is -2.43. The van der Waals surface area contributed by atoms with E-state index in [-0.39, 0.29) is 17.5 Å². The highest BCUT2D eigenvalue weighted by atomic mass is 35.5. The number of rotatable bonds is 3. The third-order valence-corrected chi connectivity index (χ3v) is 3.44. The molecule has 0 bridgehead atoms. The van der Waals surface area contributed by atoms with Crippen molar-refractivity contribution in [2.45, 2.75) is 25.8 Å². The van der Waals surface area contributed by atoms with Crippen LogP contribution in [0.15, 0.2) is 39.8 Å². The predicted octanol–water partition coefficient (Wildman–Crippen LogP) is 3.72. The number of hydrogen-bond donors (Lipinski definition) is 0. The molecule has 2 rings (SSSR count). The molecular weight excluding hydrogens is 315 g/mol. The zero-order valence-electron chi connectivity index (χ0n) is 11.5. The monoisotopic (exact) mass is 328 g/mol. The Labute approximate surface area is 131 Å². The molecule has 0 unspecified atom stereocenters.